The van der Waals surface area contributed by atoms with Gasteiger partial charge in [-0.15, -0.1) is 0 Å². The number of ether oxygens (including phenoxy) is 1. The Bertz CT molecular complexity index is 1640. The molecule has 0 aliphatic carbocycles. The molecule has 1 aliphatic rings. The van der Waals surface area contributed by atoms with Crippen LogP contribution in [-0.2, 0) is 16.4 Å². The van der Waals surface area contributed by atoms with Crippen molar-refractivity contribution in [1.82, 2.24) is 20.3 Å². The van der Waals surface area contributed by atoms with Crippen LogP contribution in [0, 0.1) is 18.7 Å². The summed E-state index contributed by atoms with van der Waals surface area (Å²) in [5.74, 6) is 0.791. The molecule has 9 nitrogen and oxygen atoms in total. The van der Waals surface area contributed by atoms with Crippen LogP contribution in [0.5, 0.6) is 11.6 Å². The zero-order valence-corrected chi connectivity index (χ0v) is 24.0. The fourth-order valence-corrected chi connectivity index (χ4v) is 6.24. The number of anilines is 1. The Morgan fingerprint density at radius 1 is 1.15 bits per heavy atom. The second-order valence-corrected chi connectivity index (χ2v) is 12.4. The number of benzene rings is 2. The van der Waals surface area contributed by atoms with Gasteiger partial charge in [0, 0.05) is 30.4 Å². The number of nitrogens with one attached hydrogen (secondary N) is 2. The van der Waals surface area contributed by atoms with E-state index in [1.165, 1.54) is 6.07 Å². The van der Waals surface area contributed by atoms with E-state index < -0.39 is 10.0 Å². The first kappa shape index (κ1) is 28.8. The molecule has 11 heteroatoms. The molecular formula is C30H35FN6O3S. The molecule has 1 saturated heterocycles. The number of hydrogen-bond donors (Lipinski definition) is 3. The molecule has 0 radical (unpaired) electrons. The molecule has 2 aromatic heterocycles. The molecule has 0 bridgehead atoms. The first-order valence-corrected chi connectivity index (χ1v) is 15.5. The minimum Gasteiger partial charge on any atom is -0.437 e. The lowest BCUT2D eigenvalue weighted by Gasteiger charge is -2.23. The maximum Gasteiger partial charge on any atom is 0.228 e. The summed E-state index contributed by atoms with van der Waals surface area (Å²) >= 11 is 0. The van der Waals surface area contributed by atoms with Gasteiger partial charge in [0.2, 0.25) is 21.9 Å². The Morgan fingerprint density at radius 3 is 2.76 bits per heavy atom. The van der Waals surface area contributed by atoms with Crippen LogP contribution in [0.4, 0.5) is 10.3 Å². The normalized spacial score (nSPS) is 16.4. The zero-order valence-electron chi connectivity index (χ0n) is 23.2. The number of nitrogens with zero attached hydrogens (tertiary/aromatic N) is 3. The van der Waals surface area contributed by atoms with Crippen molar-refractivity contribution in [2.45, 2.75) is 45.6 Å². The number of rotatable bonds is 10. The lowest BCUT2D eigenvalue weighted by Crippen LogP contribution is -2.38. The van der Waals surface area contributed by atoms with Gasteiger partial charge >= 0.3 is 0 Å². The van der Waals surface area contributed by atoms with Gasteiger partial charge in [0.25, 0.3) is 0 Å². The molecule has 41 heavy (non-hydrogen) atoms. The SMILES string of the molecule is Cc1ccc2c(CCC(C)CS(N)(=O)=O)c(F)ccc2c1Oc1ncccc1-c1ccnc(N[C@H]2CCCNC2)n1. The number of hydrogen-bond acceptors (Lipinski definition) is 8. The quantitative estimate of drug-likeness (QED) is 0.241. The van der Waals surface area contributed by atoms with Gasteiger partial charge in [0.1, 0.15) is 11.6 Å². The lowest BCUT2D eigenvalue weighted by atomic mass is 9.95. The van der Waals surface area contributed by atoms with E-state index >= 15 is 4.39 Å². The lowest BCUT2D eigenvalue weighted by molar-refractivity contribution is 0.466. The van der Waals surface area contributed by atoms with Crippen molar-refractivity contribution in [3.63, 3.8) is 0 Å². The summed E-state index contributed by atoms with van der Waals surface area (Å²) in [7, 11) is -3.60. The fraction of sp³-hybridized carbons (Fsp3) is 0.367. The maximum atomic E-state index is 15.0. The number of aryl methyl sites for hydroxylation is 2. The third-order valence-electron chi connectivity index (χ3n) is 7.34. The summed E-state index contributed by atoms with van der Waals surface area (Å²) in [5.41, 5.74) is 2.75. The average molecular weight is 579 g/mol. The summed E-state index contributed by atoms with van der Waals surface area (Å²) in [4.78, 5) is 13.7. The second kappa shape index (κ2) is 12.5. The van der Waals surface area contributed by atoms with E-state index in [1.54, 1.807) is 25.4 Å². The van der Waals surface area contributed by atoms with Crippen LogP contribution in [-0.4, -0.2) is 48.3 Å². The van der Waals surface area contributed by atoms with Crippen LogP contribution in [0.25, 0.3) is 22.0 Å². The van der Waals surface area contributed by atoms with E-state index in [-0.39, 0.29) is 23.5 Å². The first-order chi connectivity index (χ1) is 19.7. The molecule has 0 saturated carbocycles. The molecule has 5 rings (SSSR count). The van der Waals surface area contributed by atoms with Crippen molar-refractivity contribution in [3.8, 4) is 22.9 Å². The molecule has 0 amide bonds. The number of fused-ring (bicyclic) bond motifs is 1. The van der Waals surface area contributed by atoms with E-state index in [2.05, 4.69) is 20.6 Å². The molecule has 0 spiro atoms. The van der Waals surface area contributed by atoms with Crippen molar-refractivity contribution in [3.05, 3.63) is 71.8 Å². The zero-order chi connectivity index (χ0) is 29.0. The van der Waals surface area contributed by atoms with Gasteiger partial charge in [0.15, 0.2) is 0 Å². The van der Waals surface area contributed by atoms with Crippen LogP contribution in [0.15, 0.2) is 54.9 Å². The molecule has 216 valence electrons. The molecule has 1 aliphatic heterocycles. The molecule has 4 N–H and O–H groups in total. The highest BCUT2D eigenvalue weighted by atomic mass is 32.2. The average Bonchev–Trinajstić information content (AvgIpc) is 2.94. The Hall–Kier alpha value is -3.67. The van der Waals surface area contributed by atoms with Gasteiger partial charge < -0.3 is 15.4 Å². The van der Waals surface area contributed by atoms with Gasteiger partial charge in [-0.05, 0) is 91.9 Å². The number of halogens is 1. The predicted molar refractivity (Wildman–Crippen MR) is 159 cm³/mol. The summed E-state index contributed by atoms with van der Waals surface area (Å²) in [6, 6.07) is 12.7. The highest BCUT2D eigenvalue weighted by Crippen LogP contribution is 2.38. The molecular weight excluding hydrogens is 543 g/mol. The molecule has 1 fully saturated rings. The topological polar surface area (TPSA) is 132 Å². The van der Waals surface area contributed by atoms with Crippen molar-refractivity contribution >= 4 is 26.7 Å². The van der Waals surface area contributed by atoms with Crippen molar-refractivity contribution in [2.24, 2.45) is 11.1 Å². The van der Waals surface area contributed by atoms with Crippen LogP contribution in [0.3, 0.4) is 0 Å². The molecule has 1 unspecified atom stereocenters. The number of pyridine rings is 1. The third-order valence-corrected chi connectivity index (χ3v) is 8.37. The Labute approximate surface area is 239 Å². The van der Waals surface area contributed by atoms with Crippen LogP contribution >= 0.6 is 0 Å². The van der Waals surface area contributed by atoms with E-state index in [1.807, 2.05) is 37.3 Å². The fourth-order valence-electron chi connectivity index (χ4n) is 5.28. The minimum absolute atomic E-state index is 0.146. The van der Waals surface area contributed by atoms with E-state index in [4.69, 9.17) is 14.9 Å². The smallest absolute Gasteiger partial charge is 0.228 e. The Kier molecular flexibility index (Phi) is 8.77. The highest BCUT2D eigenvalue weighted by molar-refractivity contribution is 7.89. The molecule has 4 aromatic rings. The van der Waals surface area contributed by atoms with E-state index in [9.17, 15) is 8.42 Å². The first-order valence-electron chi connectivity index (χ1n) is 13.8. The monoisotopic (exact) mass is 578 g/mol. The number of piperidine rings is 1. The summed E-state index contributed by atoms with van der Waals surface area (Å²) < 4.78 is 44.5. The van der Waals surface area contributed by atoms with Crippen LogP contribution in [0.2, 0.25) is 0 Å². The predicted octanol–water partition coefficient (Wildman–Crippen LogP) is 4.95. The minimum atomic E-state index is -3.60. The maximum absolute atomic E-state index is 15.0. The summed E-state index contributed by atoms with van der Waals surface area (Å²) in [6.45, 7) is 5.62. The van der Waals surface area contributed by atoms with Gasteiger partial charge in [-0.2, -0.15) is 0 Å². The van der Waals surface area contributed by atoms with E-state index in [0.717, 1.165) is 36.9 Å². The molecule has 3 heterocycles. The van der Waals surface area contributed by atoms with Gasteiger partial charge in [-0.1, -0.05) is 19.1 Å². The third kappa shape index (κ3) is 7.16. The Morgan fingerprint density at radius 2 is 1.98 bits per heavy atom. The summed E-state index contributed by atoms with van der Waals surface area (Å²) in [6.07, 6.45) is 6.36. The van der Waals surface area contributed by atoms with E-state index in [0.29, 0.717) is 52.6 Å². The van der Waals surface area contributed by atoms with Crippen LogP contribution in [0.1, 0.15) is 37.3 Å². The molecule has 2 aromatic carbocycles. The number of primary sulfonamides is 1. The van der Waals surface area contributed by atoms with Gasteiger partial charge in [0.05, 0.1) is 17.0 Å². The molecule has 2 atom stereocenters. The van der Waals surface area contributed by atoms with Crippen molar-refractivity contribution in [2.75, 3.05) is 24.2 Å². The van der Waals surface area contributed by atoms with Crippen LogP contribution < -0.4 is 20.5 Å². The number of sulfonamides is 1. The largest absolute Gasteiger partial charge is 0.437 e. The number of nitrogens with two attached hydrogens (primary N) is 1. The highest BCUT2D eigenvalue weighted by Gasteiger charge is 2.19. The van der Waals surface area contributed by atoms with Gasteiger partial charge in [-0.25, -0.2) is 32.9 Å². The van der Waals surface area contributed by atoms with Crippen molar-refractivity contribution in [1.29, 1.82) is 0 Å². The Balaban J connectivity index is 1.45. The van der Waals surface area contributed by atoms with Crippen molar-refractivity contribution < 1.29 is 17.5 Å². The standard InChI is InChI=1S/C30H35FN6O3S/c1-19(18-41(32,38)39)7-9-23-22-10-8-20(2)28(24(22)11-12-26(23)31)40-29-25(6-4-15-34-29)27-13-16-35-30(37-27)36-21-5-3-14-33-17-21/h4,6,8,10-13,15-16,19,21,33H,3,5,7,9,14,17-18H2,1-2H3,(H2,32,38,39)(H,35,36,37)/t19?,21-/m0/s1. The van der Waals surface area contributed by atoms with Gasteiger partial charge in [-0.3, -0.25) is 0 Å². The second-order valence-electron chi connectivity index (χ2n) is 10.7. The summed E-state index contributed by atoms with van der Waals surface area (Å²) in [5, 5.41) is 13.5. The number of aromatic nitrogens is 3.